The third-order valence-corrected chi connectivity index (χ3v) is 5.52. The van der Waals surface area contributed by atoms with Gasteiger partial charge in [0.25, 0.3) is 5.91 Å². The molecule has 7 nitrogen and oxygen atoms in total. The highest BCUT2D eigenvalue weighted by atomic mass is 16.1. The lowest BCUT2D eigenvalue weighted by molar-refractivity contribution is 0.0946. The number of anilines is 1. The molecule has 0 bridgehead atoms. The number of carbonyl (C=O) groups excluding carboxylic acids is 1. The summed E-state index contributed by atoms with van der Waals surface area (Å²) in [5, 5.41) is 2.93. The Bertz CT molecular complexity index is 998. The Morgan fingerprint density at radius 3 is 2.83 bits per heavy atom. The van der Waals surface area contributed by atoms with Crippen LogP contribution in [0.25, 0.3) is 5.82 Å². The Morgan fingerprint density at radius 1 is 1.17 bits per heavy atom. The molecular weight excluding hydrogens is 364 g/mol. The topological polar surface area (TPSA) is 75.9 Å². The molecule has 3 aromatic rings. The van der Waals surface area contributed by atoms with Gasteiger partial charge in [0.15, 0.2) is 0 Å². The first-order valence-corrected chi connectivity index (χ1v) is 10.1. The summed E-state index contributed by atoms with van der Waals surface area (Å²) in [6.45, 7) is 5.75. The predicted molar refractivity (Wildman–Crippen MR) is 112 cm³/mol. The van der Waals surface area contributed by atoms with Crippen LogP contribution in [0, 0.1) is 6.92 Å². The van der Waals surface area contributed by atoms with E-state index in [2.05, 4.69) is 32.1 Å². The number of amides is 1. The minimum Gasteiger partial charge on any atom is -0.354 e. The lowest BCUT2D eigenvalue weighted by Gasteiger charge is -2.34. The summed E-state index contributed by atoms with van der Waals surface area (Å²) in [4.78, 5) is 27.9. The molecule has 2 aromatic heterocycles. The maximum atomic E-state index is 12.5. The van der Waals surface area contributed by atoms with E-state index in [1.54, 1.807) is 23.4 Å². The maximum Gasteiger partial charge on any atom is 0.271 e. The number of aromatic nitrogens is 4. The van der Waals surface area contributed by atoms with Crippen molar-refractivity contribution in [2.45, 2.75) is 45.7 Å². The number of rotatable bonds is 5. The number of piperidine rings is 1. The number of nitrogens with zero attached hydrogens (tertiary/aromatic N) is 5. The molecule has 29 heavy (non-hydrogen) atoms. The molecule has 150 valence electrons. The predicted octanol–water partition coefficient (Wildman–Crippen LogP) is 3.28. The van der Waals surface area contributed by atoms with Crippen LogP contribution in [0.5, 0.6) is 0 Å². The summed E-state index contributed by atoms with van der Waals surface area (Å²) in [6.07, 6.45) is 8.52. The number of benzene rings is 1. The molecule has 4 rings (SSSR count). The number of nitrogens with one attached hydrogen (secondary N) is 1. The van der Waals surface area contributed by atoms with Gasteiger partial charge >= 0.3 is 0 Å². The molecule has 1 saturated heterocycles. The van der Waals surface area contributed by atoms with Crippen molar-refractivity contribution in [1.82, 2.24) is 24.8 Å². The highest BCUT2D eigenvalue weighted by Crippen LogP contribution is 2.23. The molecule has 1 aliphatic rings. The Hall–Kier alpha value is -3.22. The lowest BCUT2D eigenvalue weighted by Crippen LogP contribution is -2.38. The second kappa shape index (κ2) is 8.43. The van der Waals surface area contributed by atoms with Gasteiger partial charge in [-0.25, -0.2) is 15.0 Å². The monoisotopic (exact) mass is 390 g/mol. The van der Waals surface area contributed by atoms with Gasteiger partial charge in [0.1, 0.15) is 30.0 Å². The second-order valence-electron chi connectivity index (χ2n) is 7.55. The normalized spacial score (nSPS) is 16.6. The first-order valence-electron chi connectivity index (χ1n) is 10.1. The SMILES string of the molecule is Cc1ccccc1CNC(=O)c1cn(-c2cc(N3CCCCC3C)ncn2)cn1. The molecule has 1 N–H and O–H groups in total. The van der Waals surface area contributed by atoms with Crippen molar-refractivity contribution >= 4 is 11.7 Å². The number of hydrogen-bond acceptors (Lipinski definition) is 5. The van der Waals surface area contributed by atoms with E-state index in [1.165, 1.54) is 19.3 Å². The van der Waals surface area contributed by atoms with Crippen LogP contribution in [0.3, 0.4) is 0 Å². The molecule has 7 heteroatoms. The Labute approximate surface area is 170 Å². The van der Waals surface area contributed by atoms with Gasteiger partial charge in [0, 0.05) is 31.4 Å². The minimum absolute atomic E-state index is 0.203. The number of aryl methyl sites for hydroxylation is 1. The van der Waals surface area contributed by atoms with Crippen molar-refractivity contribution in [3.63, 3.8) is 0 Å². The van der Waals surface area contributed by atoms with Gasteiger partial charge < -0.3 is 10.2 Å². The quantitative estimate of drug-likeness (QED) is 0.724. The van der Waals surface area contributed by atoms with Gasteiger partial charge in [0.2, 0.25) is 0 Å². The van der Waals surface area contributed by atoms with Crippen LogP contribution in [0.2, 0.25) is 0 Å². The van der Waals surface area contributed by atoms with Gasteiger partial charge in [-0.3, -0.25) is 9.36 Å². The van der Waals surface area contributed by atoms with E-state index in [4.69, 9.17) is 0 Å². The van der Waals surface area contributed by atoms with Crippen LogP contribution in [-0.4, -0.2) is 38.0 Å². The Balaban J connectivity index is 1.46. The average molecular weight is 390 g/mol. The largest absolute Gasteiger partial charge is 0.354 e. The fourth-order valence-corrected chi connectivity index (χ4v) is 3.71. The summed E-state index contributed by atoms with van der Waals surface area (Å²) < 4.78 is 1.77. The van der Waals surface area contributed by atoms with Crippen molar-refractivity contribution in [2.24, 2.45) is 0 Å². The standard InChI is InChI=1S/C22H26N6O/c1-16-7-3-4-9-18(16)12-23-22(29)19-13-27(15-26-19)20-11-21(25-14-24-20)28-10-6-5-8-17(28)2/h3-4,7,9,11,13-15,17H,5-6,8,10,12H2,1-2H3,(H,23,29). The molecular formula is C22H26N6O. The summed E-state index contributed by atoms with van der Waals surface area (Å²) in [5.74, 6) is 1.42. The zero-order valence-corrected chi connectivity index (χ0v) is 16.9. The highest BCUT2D eigenvalue weighted by Gasteiger charge is 2.20. The summed E-state index contributed by atoms with van der Waals surface area (Å²) in [5.41, 5.74) is 2.61. The molecule has 3 heterocycles. The number of hydrogen-bond donors (Lipinski definition) is 1. The number of carbonyl (C=O) groups is 1. The zero-order chi connectivity index (χ0) is 20.2. The van der Waals surface area contributed by atoms with E-state index >= 15 is 0 Å². The van der Waals surface area contributed by atoms with Gasteiger partial charge in [-0.05, 0) is 44.2 Å². The van der Waals surface area contributed by atoms with E-state index in [0.29, 0.717) is 24.1 Å². The molecule has 1 aromatic carbocycles. The summed E-state index contributed by atoms with van der Waals surface area (Å²) in [7, 11) is 0. The van der Waals surface area contributed by atoms with E-state index in [1.807, 2.05) is 37.3 Å². The van der Waals surface area contributed by atoms with Crippen LogP contribution in [0.1, 0.15) is 47.8 Å². The lowest BCUT2D eigenvalue weighted by atomic mass is 10.0. The Morgan fingerprint density at radius 2 is 2.00 bits per heavy atom. The van der Waals surface area contributed by atoms with Gasteiger partial charge in [-0.15, -0.1) is 0 Å². The molecule has 1 aliphatic heterocycles. The smallest absolute Gasteiger partial charge is 0.271 e. The first-order chi connectivity index (χ1) is 14.1. The summed E-state index contributed by atoms with van der Waals surface area (Å²) >= 11 is 0. The zero-order valence-electron chi connectivity index (χ0n) is 16.9. The molecule has 0 spiro atoms. The van der Waals surface area contributed by atoms with E-state index in [-0.39, 0.29) is 5.91 Å². The third-order valence-electron chi connectivity index (χ3n) is 5.52. The van der Waals surface area contributed by atoms with Crippen LogP contribution in [0.15, 0.2) is 49.2 Å². The van der Waals surface area contributed by atoms with Crippen molar-refractivity contribution in [1.29, 1.82) is 0 Å². The van der Waals surface area contributed by atoms with E-state index in [9.17, 15) is 4.79 Å². The fraction of sp³-hybridized carbons (Fsp3) is 0.364. The van der Waals surface area contributed by atoms with Crippen molar-refractivity contribution in [3.8, 4) is 5.82 Å². The van der Waals surface area contributed by atoms with Crippen molar-refractivity contribution < 1.29 is 4.79 Å². The summed E-state index contributed by atoms with van der Waals surface area (Å²) in [6, 6.07) is 10.4. The van der Waals surface area contributed by atoms with Crippen molar-refractivity contribution in [3.05, 3.63) is 66.0 Å². The van der Waals surface area contributed by atoms with E-state index < -0.39 is 0 Å². The first kappa shape index (κ1) is 19.1. The van der Waals surface area contributed by atoms with Crippen molar-refractivity contribution in [2.75, 3.05) is 11.4 Å². The van der Waals surface area contributed by atoms with Crippen LogP contribution in [-0.2, 0) is 6.54 Å². The molecule has 0 aliphatic carbocycles. The van der Waals surface area contributed by atoms with Crippen LogP contribution in [0.4, 0.5) is 5.82 Å². The minimum atomic E-state index is -0.203. The van der Waals surface area contributed by atoms with Gasteiger partial charge in [-0.1, -0.05) is 24.3 Å². The second-order valence-corrected chi connectivity index (χ2v) is 7.55. The van der Waals surface area contributed by atoms with Gasteiger partial charge in [0.05, 0.1) is 0 Å². The number of imidazole rings is 1. The third kappa shape index (κ3) is 4.29. The Kier molecular flexibility index (Phi) is 5.55. The fourth-order valence-electron chi connectivity index (χ4n) is 3.71. The molecule has 0 radical (unpaired) electrons. The highest BCUT2D eigenvalue weighted by molar-refractivity contribution is 5.92. The molecule has 0 saturated carbocycles. The van der Waals surface area contributed by atoms with Crippen LogP contribution >= 0.6 is 0 Å². The molecule has 1 amide bonds. The van der Waals surface area contributed by atoms with E-state index in [0.717, 1.165) is 23.5 Å². The molecule has 1 atom stereocenters. The molecule has 1 fully saturated rings. The van der Waals surface area contributed by atoms with Gasteiger partial charge in [-0.2, -0.15) is 0 Å². The van der Waals surface area contributed by atoms with Crippen LogP contribution < -0.4 is 10.2 Å². The molecule has 1 unspecified atom stereocenters. The maximum absolute atomic E-state index is 12.5. The average Bonchev–Trinajstić information content (AvgIpc) is 3.24.